The van der Waals surface area contributed by atoms with Crippen LogP contribution in [0.3, 0.4) is 0 Å². The van der Waals surface area contributed by atoms with Crippen molar-refractivity contribution in [3.63, 3.8) is 0 Å². The minimum absolute atomic E-state index is 0.150. The standard InChI is InChI=1S/C17H21N3O6/c1-17(2,3)26-16(24)19-12-6-4-5-11(9-12)14(22)25-10-13(21)20-8-7-18-15(20)23/h4-6,9H,7-8,10H2,1-3H3,(H,18,23)(H,19,24). The van der Waals surface area contributed by atoms with Gasteiger partial charge in [-0.2, -0.15) is 0 Å². The van der Waals surface area contributed by atoms with E-state index in [0.29, 0.717) is 12.2 Å². The smallest absolute Gasteiger partial charge is 0.412 e. The number of carbonyl (C=O) groups is 4. The van der Waals surface area contributed by atoms with Crippen LogP contribution in [-0.2, 0) is 14.3 Å². The maximum atomic E-state index is 12.1. The zero-order valence-electron chi connectivity index (χ0n) is 14.8. The van der Waals surface area contributed by atoms with Gasteiger partial charge in [0, 0.05) is 18.8 Å². The molecule has 9 heteroatoms. The van der Waals surface area contributed by atoms with E-state index in [1.807, 2.05) is 0 Å². The molecule has 0 aromatic heterocycles. The fourth-order valence-corrected chi connectivity index (χ4v) is 2.14. The first-order valence-corrected chi connectivity index (χ1v) is 8.01. The number of carbonyl (C=O) groups excluding carboxylic acids is 4. The Hall–Kier alpha value is -3.10. The van der Waals surface area contributed by atoms with Crippen LogP contribution in [0.5, 0.6) is 0 Å². The minimum Gasteiger partial charge on any atom is -0.452 e. The third-order valence-corrected chi connectivity index (χ3v) is 3.23. The molecule has 0 unspecified atom stereocenters. The Morgan fingerprint density at radius 3 is 2.62 bits per heavy atom. The van der Waals surface area contributed by atoms with Crippen molar-refractivity contribution in [1.82, 2.24) is 10.2 Å². The molecule has 1 fully saturated rings. The summed E-state index contributed by atoms with van der Waals surface area (Å²) >= 11 is 0. The molecule has 0 saturated carbocycles. The quantitative estimate of drug-likeness (QED) is 0.788. The van der Waals surface area contributed by atoms with E-state index < -0.39 is 36.2 Å². The number of hydrogen-bond acceptors (Lipinski definition) is 6. The van der Waals surface area contributed by atoms with Crippen LogP contribution in [0, 0.1) is 0 Å². The van der Waals surface area contributed by atoms with Gasteiger partial charge in [-0.1, -0.05) is 6.07 Å². The molecule has 4 amide bonds. The second-order valence-corrected chi connectivity index (χ2v) is 6.56. The summed E-state index contributed by atoms with van der Waals surface area (Å²) in [6.07, 6.45) is -0.654. The molecule has 26 heavy (non-hydrogen) atoms. The van der Waals surface area contributed by atoms with Crippen molar-refractivity contribution in [2.75, 3.05) is 25.0 Å². The van der Waals surface area contributed by atoms with Gasteiger partial charge in [-0.3, -0.25) is 15.0 Å². The predicted molar refractivity (Wildman–Crippen MR) is 91.7 cm³/mol. The first-order valence-electron chi connectivity index (χ1n) is 8.01. The molecular weight excluding hydrogens is 342 g/mol. The molecule has 0 bridgehead atoms. The number of esters is 1. The van der Waals surface area contributed by atoms with E-state index in [4.69, 9.17) is 9.47 Å². The second kappa shape index (κ2) is 7.85. The van der Waals surface area contributed by atoms with Crippen molar-refractivity contribution in [1.29, 1.82) is 0 Å². The number of hydrogen-bond donors (Lipinski definition) is 2. The fourth-order valence-electron chi connectivity index (χ4n) is 2.14. The van der Waals surface area contributed by atoms with E-state index in [1.54, 1.807) is 32.9 Å². The summed E-state index contributed by atoms with van der Waals surface area (Å²) in [4.78, 5) is 48.0. The van der Waals surface area contributed by atoms with Gasteiger partial charge in [-0.25, -0.2) is 14.4 Å². The predicted octanol–water partition coefficient (Wildman–Crippen LogP) is 1.74. The molecule has 2 rings (SSSR count). The highest BCUT2D eigenvalue weighted by Crippen LogP contribution is 2.14. The number of nitrogens with zero attached hydrogens (tertiary/aromatic N) is 1. The largest absolute Gasteiger partial charge is 0.452 e. The summed E-state index contributed by atoms with van der Waals surface area (Å²) in [6.45, 7) is 5.27. The molecule has 0 spiro atoms. The average molecular weight is 363 g/mol. The van der Waals surface area contributed by atoms with Crippen LogP contribution in [0.2, 0.25) is 0 Å². The van der Waals surface area contributed by atoms with Crippen molar-refractivity contribution < 1.29 is 28.7 Å². The highest BCUT2D eigenvalue weighted by Gasteiger charge is 2.27. The molecule has 0 atom stereocenters. The first-order chi connectivity index (χ1) is 12.2. The van der Waals surface area contributed by atoms with E-state index in [9.17, 15) is 19.2 Å². The summed E-state index contributed by atoms with van der Waals surface area (Å²) < 4.78 is 10.1. The van der Waals surface area contributed by atoms with Crippen molar-refractivity contribution in [2.24, 2.45) is 0 Å². The first kappa shape index (κ1) is 19.2. The van der Waals surface area contributed by atoms with Crippen molar-refractivity contribution in [3.05, 3.63) is 29.8 Å². The van der Waals surface area contributed by atoms with Crippen LogP contribution in [0.15, 0.2) is 24.3 Å². The zero-order chi connectivity index (χ0) is 19.3. The van der Waals surface area contributed by atoms with Crippen LogP contribution >= 0.6 is 0 Å². The van der Waals surface area contributed by atoms with Gasteiger partial charge >= 0.3 is 18.1 Å². The molecule has 9 nitrogen and oxygen atoms in total. The van der Waals surface area contributed by atoms with E-state index in [1.165, 1.54) is 12.1 Å². The van der Waals surface area contributed by atoms with Gasteiger partial charge in [0.1, 0.15) is 5.60 Å². The van der Waals surface area contributed by atoms with Crippen LogP contribution in [-0.4, -0.2) is 54.2 Å². The topological polar surface area (TPSA) is 114 Å². The van der Waals surface area contributed by atoms with Gasteiger partial charge in [0.15, 0.2) is 6.61 Å². The Balaban J connectivity index is 1.92. The van der Waals surface area contributed by atoms with Gasteiger partial charge in [0.25, 0.3) is 5.91 Å². The zero-order valence-corrected chi connectivity index (χ0v) is 14.8. The maximum absolute atomic E-state index is 12.1. The SMILES string of the molecule is CC(C)(C)OC(=O)Nc1cccc(C(=O)OCC(=O)N2CCNC2=O)c1. The van der Waals surface area contributed by atoms with Crippen molar-refractivity contribution in [3.8, 4) is 0 Å². The number of rotatable bonds is 4. The van der Waals surface area contributed by atoms with Gasteiger partial charge in [-0.15, -0.1) is 0 Å². The maximum Gasteiger partial charge on any atom is 0.412 e. The van der Waals surface area contributed by atoms with E-state index in [0.717, 1.165) is 4.90 Å². The number of benzene rings is 1. The lowest BCUT2D eigenvalue weighted by atomic mass is 10.2. The van der Waals surface area contributed by atoms with Gasteiger partial charge in [0.2, 0.25) is 0 Å². The summed E-state index contributed by atoms with van der Waals surface area (Å²) in [5, 5.41) is 5.00. The third-order valence-electron chi connectivity index (χ3n) is 3.23. The molecule has 1 aliphatic heterocycles. The monoisotopic (exact) mass is 363 g/mol. The van der Waals surface area contributed by atoms with Crippen LogP contribution < -0.4 is 10.6 Å². The molecule has 0 radical (unpaired) electrons. The average Bonchev–Trinajstić information content (AvgIpc) is 2.96. The van der Waals surface area contributed by atoms with Crippen LogP contribution in [0.25, 0.3) is 0 Å². The number of imide groups is 1. The van der Waals surface area contributed by atoms with Crippen LogP contribution in [0.4, 0.5) is 15.3 Å². The Morgan fingerprint density at radius 2 is 2.00 bits per heavy atom. The number of anilines is 1. The molecule has 1 aromatic rings. The minimum atomic E-state index is -0.745. The third kappa shape index (κ3) is 5.47. The number of nitrogens with one attached hydrogen (secondary N) is 2. The molecule has 140 valence electrons. The summed E-state index contributed by atoms with van der Waals surface area (Å²) in [6, 6.07) is 5.52. The van der Waals surface area contributed by atoms with Gasteiger partial charge in [0.05, 0.1) is 5.56 Å². The van der Waals surface area contributed by atoms with Gasteiger partial charge in [-0.05, 0) is 39.0 Å². The summed E-state index contributed by atoms with van der Waals surface area (Å²) in [7, 11) is 0. The summed E-state index contributed by atoms with van der Waals surface area (Å²) in [5.74, 6) is -1.35. The van der Waals surface area contributed by atoms with Crippen molar-refractivity contribution in [2.45, 2.75) is 26.4 Å². The lowest BCUT2D eigenvalue weighted by Crippen LogP contribution is -2.37. The Labute approximate surface area is 150 Å². The van der Waals surface area contributed by atoms with E-state index in [-0.39, 0.29) is 12.1 Å². The highest BCUT2D eigenvalue weighted by molar-refractivity contribution is 5.98. The Kier molecular flexibility index (Phi) is 5.81. The molecule has 1 aromatic carbocycles. The van der Waals surface area contributed by atoms with Gasteiger partial charge < -0.3 is 14.8 Å². The highest BCUT2D eigenvalue weighted by atomic mass is 16.6. The lowest BCUT2D eigenvalue weighted by molar-refractivity contribution is -0.130. The molecule has 1 heterocycles. The van der Waals surface area contributed by atoms with E-state index in [2.05, 4.69) is 10.6 Å². The molecule has 2 N–H and O–H groups in total. The number of amides is 4. The van der Waals surface area contributed by atoms with E-state index >= 15 is 0 Å². The molecule has 1 saturated heterocycles. The Morgan fingerprint density at radius 1 is 1.27 bits per heavy atom. The molecular formula is C17H21N3O6. The number of ether oxygens (including phenoxy) is 2. The normalized spacial score (nSPS) is 13.8. The fraction of sp³-hybridized carbons (Fsp3) is 0.412. The van der Waals surface area contributed by atoms with Crippen LogP contribution in [0.1, 0.15) is 31.1 Å². The lowest BCUT2D eigenvalue weighted by Gasteiger charge is -2.19. The van der Waals surface area contributed by atoms with Crippen molar-refractivity contribution >= 4 is 29.7 Å². The molecule has 1 aliphatic rings. The Bertz CT molecular complexity index is 725. The second-order valence-electron chi connectivity index (χ2n) is 6.56. The summed E-state index contributed by atoms with van der Waals surface area (Å²) in [5.41, 5.74) is -0.153. The number of urea groups is 1. The molecule has 0 aliphatic carbocycles.